The second-order valence-electron chi connectivity index (χ2n) is 4.55. The molecular weight excluding hydrogens is 345 g/mol. The molecule has 0 aliphatic rings. The van der Waals surface area contributed by atoms with Gasteiger partial charge in [-0.2, -0.15) is 0 Å². The second kappa shape index (κ2) is 6.17. The molecule has 1 atom stereocenters. The summed E-state index contributed by atoms with van der Waals surface area (Å²) in [7, 11) is 0. The zero-order chi connectivity index (χ0) is 14.0. The van der Waals surface area contributed by atoms with Crippen molar-refractivity contribution < 1.29 is 0 Å². The van der Waals surface area contributed by atoms with Crippen molar-refractivity contribution in [3.05, 3.63) is 62.0 Å². The smallest absolute Gasteiger partial charge is 0.0500 e. The molecule has 1 nitrogen and oxygen atoms in total. The predicted molar refractivity (Wildman–Crippen MR) is 87.4 cm³/mol. The van der Waals surface area contributed by atoms with E-state index in [1.165, 1.54) is 5.56 Å². The minimum atomic E-state index is 0.110. The van der Waals surface area contributed by atoms with Gasteiger partial charge in [-0.3, -0.25) is 0 Å². The van der Waals surface area contributed by atoms with Crippen LogP contribution in [0.2, 0.25) is 10.0 Å². The van der Waals surface area contributed by atoms with Crippen molar-refractivity contribution in [2.75, 3.05) is 5.32 Å². The van der Waals surface area contributed by atoms with Gasteiger partial charge in [0.1, 0.15) is 0 Å². The second-order valence-corrected chi connectivity index (χ2v) is 6.31. The van der Waals surface area contributed by atoms with Crippen molar-refractivity contribution in [1.29, 1.82) is 0 Å². The lowest BCUT2D eigenvalue weighted by Crippen LogP contribution is -2.07. The summed E-state index contributed by atoms with van der Waals surface area (Å²) >= 11 is 15.6. The van der Waals surface area contributed by atoms with Gasteiger partial charge in [-0.1, -0.05) is 45.2 Å². The average molecular weight is 359 g/mol. The summed E-state index contributed by atoms with van der Waals surface area (Å²) in [6, 6.07) is 11.9. The van der Waals surface area contributed by atoms with Gasteiger partial charge in [-0.15, -0.1) is 0 Å². The third-order valence-electron chi connectivity index (χ3n) is 2.85. The minimum Gasteiger partial charge on any atom is -0.378 e. The van der Waals surface area contributed by atoms with Gasteiger partial charge in [-0.25, -0.2) is 0 Å². The van der Waals surface area contributed by atoms with Gasteiger partial charge < -0.3 is 5.32 Å². The molecule has 1 unspecified atom stereocenters. The van der Waals surface area contributed by atoms with E-state index < -0.39 is 0 Å². The molecule has 0 aromatic heterocycles. The van der Waals surface area contributed by atoms with Crippen LogP contribution in [0, 0.1) is 6.92 Å². The SMILES string of the molecule is Cc1cc(Br)cc(NC(C)c2ccc(Cl)cc2Cl)c1. The minimum absolute atomic E-state index is 0.110. The van der Waals surface area contributed by atoms with Crippen LogP contribution >= 0.6 is 39.1 Å². The van der Waals surface area contributed by atoms with E-state index in [9.17, 15) is 0 Å². The zero-order valence-electron chi connectivity index (χ0n) is 10.7. The summed E-state index contributed by atoms with van der Waals surface area (Å²) in [5.74, 6) is 0. The molecule has 0 bridgehead atoms. The Morgan fingerprint density at radius 1 is 1.11 bits per heavy atom. The molecule has 0 aliphatic heterocycles. The number of anilines is 1. The highest BCUT2D eigenvalue weighted by atomic mass is 79.9. The summed E-state index contributed by atoms with van der Waals surface area (Å²) in [5.41, 5.74) is 3.29. The molecule has 4 heteroatoms. The molecule has 2 aromatic carbocycles. The van der Waals surface area contributed by atoms with Gasteiger partial charge in [0.2, 0.25) is 0 Å². The molecule has 0 amide bonds. The Morgan fingerprint density at radius 2 is 1.84 bits per heavy atom. The number of hydrogen-bond donors (Lipinski definition) is 1. The van der Waals surface area contributed by atoms with Crippen LogP contribution in [0.4, 0.5) is 5.69 Å². The van der Waals surface area contributed by atoms with Gasteiger partial charge in [0.15, 0.2) is 0 Å². The number of rotatable bonds is 3. The summed E-state index contributed by atoms with van der Waals surface area (Å²) in [6.07, 6.45) is 0. The van der Waals surface area contributed by atoms with E-state index in [1.54, 1.807) is 6.07 Å². The average Bonchev–Trinajstić information content (AvgIpc) is 2.26. The van der Waals surface area contributed by atoms with Gasteiger partial charge in [-0.05, 0) is 55.3 Å². The quantitative estimate of drug-likeness (QED) is 0.684. The van der Waals surface area contributed by atoms with Gasteiger partial charge in [0.05, 0.1) is 0 Å². The maximum Gasteiger partial charge on any atom is 0.0500 e. The number of nitrogens with one attached hydrogen (secondary N) is 1. The third-order valence-corrected chi connectivity index (χ3v) is 3.87. The Hall–Kier alpha value is -0.700. The van der Waals surface area contributed by atoms with Crippen LogP contribution in [0.1, 0.15) is 24.1 Å². The zero-order valence-corrected chi connectivity index (χ0v) is 13.8. The van der Waals surface area contributed by atoms with Crippen LogP contribution in [-0.4, -0.2) is 0 Å². The normalized spacial score (nSPS) is 12.3. The fourth-order valence-electron chi connectivity index (χ4n) is 2.00. The maximum atomic E-state index is 6.22. The van der Waals surface area contributed by atoms with Gasteiger partial charge >= 0.3 is 0 Å². The summed E-state index contributed by atoms with van der Waals surface area (Å²) in [4.78, 5) is 0. The molecule has 0 spiro atoms. The number of halogens is 3. The molecule has 0 aliphatic carbocycles. The number of hydrogen-bond acceptors (Lipinski definition) is 1. The van der Waals surface area contributed by atoms with Crippen molar-refractivity contribution in [3.8, 4) is 0 Å². The monoisotopic (exact) mass is 357 g/mol. The molecule has 100 valence electrons. The lowest BCUT2D eigenvalue weighted by molar-refractivity contribution is 0.884. The Labute approximate surface area is 132 Å². The highest BCUT2D eigenvalue weighted by Gasteiger charge is 2.10. The van der Waals surface area contributed by atoms with Crippen molar-refractivity contribution in [3.63, 3.8) is 0 Å². The number of benzene rings is 2. The fraction of sp³-hybridized carbons (Fsp3) is 0.200. The third kappa shape index (κ3) is 3.88. The van der Waals surface area contributed by atoms with Gasteiger partial charge in [0, 0.05) is 26.2 Å². The largest absolute Gasteiger partial charge is 0.378 e. The van der Waals surface area contributed by atoms with Crippen LogP contribution in [0.25, 0.3) is 0 Å². The van der Waals surface area contributed by atoms with Crippen LogP contribution in [-0.2, 0) is 0 Å². The predicted octanol–water partition coefficient (Wildman–Crippen LogP) is 6.24. The van der Waals surface area contributed by atoms with E-state index in [0.29, 0.717) is 10.0 Å². The van der Waals surface area contributed by atoms with E-state index in [1.807, 2.05) is 18.2 Å². The first-order chi connectivity index (χ1) is 8.95. The highest BCUT2D eigenvalue weighted by molar-refractivity contribution is 9.10. The molecular formula is C15H14BrCl2N. The molecule has 2 rings (SSSR count). The van der Waals surface area contributed by atoms with Crippen LogP contribution < -0.4 is 5.32 Å². The molecule has 0 heterocycles. The lowest BCUT2D eigenvalue weighted by Gasteiger charge is -2.18. The number of aryl methyl sites for hydroxylation is 1. The topological polar surface area (TPSA) is 12.0 Å². The Kier molecular flexibility index (Phi) is 4.77. The van der Waals surface area contributed by atoms with Crippen LogP contribution in [0.3, 0.4) is 0 Å². The van der Waals surface area contributed by atoms with E-state index in [0.717, 1.165) is 15.7 Å². The maximum absolute atomic E-state index is 6.22. The van der Waals surface area contributed by atoms with Crippen LogP contribution in [0.15, 0.2) is 40.9 Å². The summed E-state index contributed by atoms with van der Waals surface area (Å²) in [5, 5.41) is 4.77. The van der Waals surface area contributed by atoms with E-state index >= 15 is 0 Å². The summed E-state index contributed by atoms with van der Waals surface area (Å²) in [6.45, 7) is 4.14. The van der Waals surface area contributed by atoms with Crippen molar-refractivity contribution in [2.24, 2.45) is 0 Å². The van der Waals surface area contributed by atoms with Crippen molar-refractivity contribution >= 4 is 44.8 Å². The molecule has 0 fully saturated rings. The molecule has 2 aromatic rings. The fourth-order valence-corrected chi connectivity index (χ4v) is 3.18. The molecule has 0 saturated heterocycles. The van der Waals surface area contributed by atoms with Crippen LogP contribution in [0.5, 0.6) is 0 Å². The molecule has 0 saturated carbocycles. The van der Waals surface area contributed by atoms with E-state index in [-0.39, 0.29) is 6.04 Å². The summed E-state index contributed by atoms with van der Waals surface area (Å²) < 4.78 is 1.06. The van der Waals surface area contributed by atoms with Crippen molar-refractivity contribution in [2.45, 2.75) is 19.9 Å². The highest BCUT2D eigenvalue weighted by Crippen LogP contribution is 2.29. The Balaban J connectivity index is 2.22. The van der Waals surface area contributed by atoms with E-state index in [2.05, 4.69) is 47.2 Å². The van der Waals surface area contributed by atoms with Crippen molar-refractivity contribution in [1.82, 2.24) is 0 Å². The first-order valence-corrected chi connectivity index (χ1v) is 7.49. The molecule has 1 N–H and O–H groups in total. The Bertz CT molecular complexity index is 578. The first kappa shape index (κ1) is 14.7. The molecule has 0 radical (unpaired) electrons. The first-order valence-electron chi connectivity index (χ1n) is 5.94. The Morgan fingerprint density at radius 3 is 2.47 bits per heavy atom. The standard InChI is InChI=1S/C15H14BrCl2N/c1-9-5-11(16)7-13(6-9)19-10(2)14-4-3-12(17)8-15(14)18/h3-8,10,19H,1-2H3. The van der Waals surface area contributed by atoms with E-state index in [4.69, 9.17) is 23.2 Å². The lowest BCUT2D eigenvalue weighted by atomic mass is 10.1. The van der Waals surface area contributed by atoms with Gasteiger partial charge in [0.25, 0.3) is 0 Å². The molecule has 19 heavy (non-hydrogen) atoms.